The molecule has 0 saturated carbocycles. The van der Waals surface area contributed by atoms with Gasteiger partial charge in [0.2, 0.25) is 0 Å². The smallest absolute Gasteiger partial charge is 0.338 e. The second-order valence-electron chi connectivity index (χ2n) is 6.06. The average molecular weight is 412 g/mol. The molecule has 8 heteroatoms. The van der Waals surface area contributed by atoms with Crippen LogP contribution < -0.4 is 10.6 Å². The van der Waals surface area contributed by atoms with Crippen LogP contribution in [0.15, 0.2) is 66.0 Å². The molecule has 0 unspecified atom stereocenters. The molecule has 6 nitrogen and oxygen atoms in total. The summed E-state index contributed by atoms with van der Waals surface area (Å²) in [6, 6.07) is 15.1. The van der Waals surface area contributed by atoms with Gasteiger partial charge in [0.25, 0.3) is 11.8 Å². The minimum absolute atomic E-state index is 0.180. The van der Waals surface area contributed by atoms with Gasteiger partial charge in [-0.1, -0.05) is 18.2 Å². The molecule has 29 heavy (non-hydrogen) atoms. The Morgan fingerprint density at radius 3 is 2.38 bits per heavy atom. The number of hydrogen-bond acceptors (Lipinski definition) is 5. The van der Waals surface area contributed by atoms with Crippen LogP contribution in [0.3, 0.4) is 0 Å². The van der Waals surface area contributed by atoms with Crippen molar-refractivity contribution in [2.24, 2.45) is 0 Å². The molecule has 1 aromatic heterocycles. The summed E-state index contributed by atoms with van der Waals surface area (Å²) in [5, 5.41) is 6.97. The van der Waals surface area contributed by atoms with Gasteiger partial charge in [-0.05, 0) is 54.8 Å². The third-order valence-corrected chi connectivity index (χ3v) is 4.71. The number of rotatable bonds is 6. The molecule has 0 aliphatic carbocycles. The fourth-order valence-electron chi connectivity index (χ4n) is 2.42. The molecule has 1 atom stereocenters. The van der Waals surface area contributed by atoms with E-state index < -0.39 is 23.8 Å². The van der Waals surface area contributed by atoms with E-state index in [9.17, 15) is 18.8 Å². The molecule has 148 valence electrons. The standard InChI is InChI=1S/C21H17FN2O4S/c1-13(19(25)23-17-8-3-6-15(22)12-17)28-21(27)14-5-2-7-16(11-14)24-20(26)18-9-4-10-29-18/h2-13H,1H3,(H,23,25)(H,24,26)/t13-/m0/s1. The van der Waals surface area contributed by atoms with E-state index in [1.165, 1.54) is 48.6 Å². The molecule has 0 fully saturated rings. The molecule has 1 heterocycles. The summed E-state index contributed by atoms with van der Waals surface area (Å²) in [5.74, 6) is -2.09. The first-order chi connectivity index (χ1) is 13.9. The maximum Gasteiger partial charge on any atom is 0.338 e. The van der Waals surface area contributed by atoms with Crippen molar-refractivity contribution < 1.29 is 23.5 Å². The largest absolute Gasteiger partial charge is 0.449 e. The quantitative estimate of drug-likeness (QED) is 0.591. The third-order valence-electron chi connectivity index (χ3n) is 3.85. The molecular weight excluding hydrogens is 395 g/mol. The Bertz CT molecular complexity index is 1040. The van der Waals surface area contributed by atoms with Crippen LogP contribution in [0.25, 0.3) is 0 Å². The second kappa shape index (κ2) is 9.11. The third kappa shape index (κ3) is 5.49. The second-order valence-corrected chi connectivity index (χ2v) is 7.01. The highest BCUT2D eigenvalue weighted by Gasteiger charge is 2.19. The molecule has 0 aliphatic rings. The lowest BCUT2D eigenvalue weighted by Crippen LogP contribution is -2.30. The Hall–Kier alpha value is -3.52. The number of ether oxygens (including phenoxy) is 1. The number of hydrogen-bond donors (Lipinski definition) is 2. The Morgan fingerprint density at radius 2 is 1.69 bits per heavy atom. The molecule has 0 aliphatic heterocycles. The number of benzene rings is 2. The number of amides is 2. The number of nitrogens with one attached hydrogen (secondary N) is 2. The van der Waals surface area contributed by atoms with E-state index in [-0.39, 0.29) is 17.2 Å². The highest BCUT2D eigenvalue weighted by atomic mass is 32.1. The molecule has 0 saturated heterocycles. The van der Waals surface area contributed by atoms with Gasteiger partial charge in [-0.25, -0.2) is 9.18 Å². The maximum absolute atomic E-state index is 13.2. The zero-order valence-corrected chi connectivity index (χ0v) is 16.2. The van der Waals surface area contributed by atoms with E-state index >= 15 is 0 Å². The summed E-state index contributed by atoms with van der Waals surface area (Å²) in [7, 11) is 0. The van der Waals surface area contributed by atoms with Crippen molar-refractivity contribution in [2.75, 3.05) is 10.6 Å². The minimum Gasteiger partial charge on any atom is -0.449 e. The van der Waals surface area contributed by atoms with Crippen LogP contribution in [0.1, 0.15) is 27.0 Å². The molecule has 0 bridgehead atoms. The van der Waals surface area contributed by atoms with Crippen molar-refractivity contribution in [3.8, 4) is 0 Å². The normalized spacial score (nSPS) is 11.4. The Labute approximate surface area is 170 Å². The van der Waals surface area contributed by atoms with Gasteiger partial charge >= 0.3 is 5.97 Å². The summed E-state index contributed by atoms with van der Waals surface area (Å²) in [6.45, 7) is 1.41. The van der Waals surface area contributed by atoms with E-state index in [0.717, 1.165) is 6.07 Å². The molecule has 3 aromatic rings. The summed E-state index contributed by atoms with van der Waals surface area (Å²) in [5.41, 5.74) is 0.866. The predicted molar refractivity (Wildman–Crippen MR) is 109 cm³/mol. The van der Waals surface area contributed by atoms with E-state index in [1.54, 1.807) is 29.6 Å². The van der Waals surface area contributed by atoms with Crippen LogP contribution in [-0.4, -0.2) is 23.9 Å². The summed E-state index contributed by atoms with van der Waals surface area (Å²) in [6.07, 6.45) is -1.10. The van der Waals surface area contributed by atoms with Crippen LogP contribution in [0.5, 0.6) is 0 Å². The van der Waals surface area contributed by atoms with Gasteiger partial charge in [0.15, 0.2) is 6.10 Å². The Morgan fingerprint density at radius 1 is 0.966 bits per heavy atom. The number of carbonyl (C=O) groups excluding carboxylic acids is 3. The molecule has 0 radical (unpaired) electrons. The molecule has 2 amide bonds. The van der Waals surface area contributed by atoms with Crippen molar-refractivity contribution >= 4 is 40.5 Å². The van der Waals surface area contributed by atoms with E-state index in [2.05, 4.69) is 10.6 Å². The molecule has 0 spiro atoms. The lowest BCUT2D eigenvalue weighted by molar-refractivity contribution is -0.123. The first kappa shape index (κ1) is 20.2. The monoisotopic (exact) mass is 412 g/mol. The van der Waals surface area contributed by atoms with Gasteiger partial charge in [-0.2, -0.15) is 0 Å². The summed E-state index contributed by atoms with van der Waals surface area (Å²) >= 11 is 1.30. The number of esters is 1. The fourth-order valence-corrected chi connectivity index (χ4v) is 3.04. The van der Waals surface area contributed by atoms with Gasteiger partial charge in [0.05, 0.1) is 10.4 Å². The van der Waals surface area contributed by atoms with E-state index in [1.807, 2.05) is 0 Å². The van der Waals surface area contributed by atoms with Crippen molar-refractivity contribution in [1.29, 1.82) is 0 Å². The molecule has 2 N–H and O–H groups in total. The maximum atomic E-state index is 13.2. The highest BCUT2D eigenvalue weighted by molar-refractivity contribution is 7.12. The average Bonchev–Trinajstić information content (AvgIpc) is 3.23. The molecule has 2 aromatic carbocycles. The minimum atomic E-state index is -1.10. The van der Waals surface area contributed by atoms with Gasteiger partial charge in [0.1, 0.15) is 5.82 Å². The fraction of sp³-hybridized carbons (Fsp3) is 0.0952. The zero-order chi connectivity index (χ0) is 20.8. The predicted octanol–water partition coefficient (Wildman–Crippen LogP) is 4.32. The van der Waals surface area contributed by atoms with Crippen molar-refractivity contribution in [2.45, 2.75) is 13.0 Å². The first-order valence-electron chi connectivity index (χ1n) is 8.65. The number of anilines is 2. The SMILES string of the molecule is C[C@H](OC(=O)c1cccc(NC(=O)c2cccs2)c1)C(=O)Nc1cccc(F)c1. The highest BCUT2D eigenvalue weighted by Crippen LogP contribution is 2.16. The lowest BCUT2D eigenvalue weighted by atomic mass is 10.2. The zero-order valence-electron chi connectivity index (χ0n) is 15.3. The summed E-state index contributed by atoms with van der Waals surface area (Å²) in [4.78, 5) is 37.2. The van der Waals surface area contributed by atoms with Gasteiger partial charge in [-0.15, -0.1) is 11.3 Å². The number of carbonyl (C=O) groups is 3. The topological polar surface area (TPSA) is 84.5 Å². The van der Waals surface area contributed by atoms with Crippen LogP contribution in [0.4, 0.5) is 15.8 Å². The molecule has 3 rings (SSSR count). The van der Waals surface area contributed by atoms with Crippen molar-refractivity contribution in [3.63, 3.8) is 0 Å². The summed E-state index contributed by atoms with van der Waals surface area (Å²) < 4.78 is 18.4. The Kier molecular flexibility index (Phi) is 6.36. The first-order valence-corrected chi connectivity index (χ1v) is 9.52. The van der Waals surface area contributed by atoms with E-state index in [4.69, 9.17) is 4.74 Å². The van der Waals surface area contributed by atoms with Crippen LogP contribution in [0, 0.1) is 5.82 Å². The van der Waals surface area contributed by atoms with Crippen LogP contribution in [0.2, 0.25) is 0 Å². The van der Waals surface area contributed by atoms with Gasteiger partial charge in [0, 0.05) is 11.4 Å². The van der Waals surface area contributed by atoms with Crippen molar-refractivity contribution in [3.05, 3.63) is 82.3 Å². The Balaban J connectivity index is 1.61. The van der Waals surface area contributed by atoms with Gasteiger partial charge < -0.3 is 15.4 Å². The van der Waals surface area contributed by atoms with Crippen LogP contribution in [-0.2, 0) is 9.53 Å². The van der Waals surface area contributed by atoms with Crippen LogP contribution >= 0.6 is 11.3 Å². The molecular formula is C21H17FN2O4S. The number of halogens is 1. The van der Waals surface area contributed by atoms with E-state index in [0.29, 0.717) is 10.6 Å². The number of thiophene rings is 1. The lowest BCUT2D eigenvalue weighted by Gasteiger charge is -2.14. The van der Waals surface area contributed by atoms with Crippen molar-refractivity contribution in [1.82, 2.24) is 0 Å². The van der Waals surface area contributed by atoms with Gasteiger partial charge in [-0.3, -0.25) is 9.59 Å².